The monoisotopic (exact) mass is 243 g/mol. The van der Waals surface area contributed by atoms with Crippen LogP contribution in [0, 0.1) is 0 Å². The SMILES string of the molecule is CNCC(=O)N1CCNC(=O)C1CC(=O)OC. The highest BCUT2D eigenvalue weighted by molar-refractivity contribution is 5.92. The molecular formula is C10H17N3O4. The molecule has 0 aromatic heterocycles. The van der Waals surface area contributed by atoms with Crippen LogP contribution in [-0.2, 0) is 19.1 Å². The molecule has 0 aromatic rings. The van der Waals surface area contributed by atoms with Crippen LogP contribution in [0.25, 0.3) is 0 Å². The van der Waals surface area contributed by atoms with Gasteiger partial charge in [0, 0.05) is 13.1 Å². The predicted molar refractivity (Wildman–Crippen MR) is 59.1 cm³/mol. The van der Waals surface area contributed by atoms with Crippen LogP contribution < -0.4 is 10.6 Å². The molecular weight excluding hydrogens is 226 g/mol. The standard InChI is InChI=1S/C10H17N3O4/c1-11-6-8(14)13-4-3-12-10(16)7(13)5-9(15)17-2/h7,11H,3-6H2,1-2H3,(H,12,16). The Labute approximate surface area is 99.5 Å². The molecule has 0 aliphatic carbocycles. The first-order valence-corrected chi connectivity index (χ1v) is 5.38. The molecule has 0 saturated carbocycles. The molecule has 1 heterocycles. The van der Waals surface area contributed by atoms with Gasteiger partial charge in [-0.2, -0.15) is 0 Å². The number of hydrogen-bond acceptors (Lipinski definition) is 5. The number of piperazine rings is 1. The molecule has 1 aliphatic heterocycles. The van der Waals surface area contributed by atoms with Gasteiger partial charge in [-0.15, -0.1) is 0 Å². The number of amides is 2. The number of carbonyl (C=O) groups excluding carboxylic acids is 3. The van der Waals surface area contributed by atoms with E-state index in [0.717, 1.165) is 0 Å². The molecule has 7 nitrogen and oxygen atoms in total. The van der Waals surface area contributed by atoms with Gasteiger partial charge in [0.05, 0.1) is 20.1 Å². The smallest absolute Gasteiger partial charge is 0.308 e. The molecule has 1 rings (SSSR count). The Bertz CT molecular complexity index is 319. The highest BCUT2D eigenvalue weighted by atomic mass is 16.5. The van der Waals surface area contributed by atoms with Crippen LogP contribution in [-0.4, -0.2) is 62.5 Å². The molecule has 7 heteroatoms. The van der Waals surface area contributed by atoms with E-state index in [-0.39, 0.29) is 24.8 Å². The largest absolute Gasteiger partial charge is 0.469 e. The lowest BCUT2D eigenvalue weighted by Crippen LogP contribution is -2.59. The molecule has 0 radical (unpaired) electrons. The van der Waals surface area contributed by atoms with Gasteiger partial charge >= 0.3 is 5.97 Å². The van der Waals surface area contributed by atoms with Crippen molar-refractivity contribution in [3.05, 3.63) is 0 Å². The molecule has 17 heavy (non-hydrogen) atoms. The van der Waals surface area contributed by atoms with Gasteiger partial charge in [-0.3, -0.25) is 14.4 Å². The molecule has 1 atom stereocenters. The van der Waals surface area contributed by atoms with Crippen molar-refractivity contribution in [2.45, 2.75) is 12.5 Å². The van der Waals surface area contributed by atoms with Crippen LogP contribution in [0.1, 0.15) is 6.42 Å². The number of esters is 1. The molecule has 1 fully saturated rings. The van der Waals surface area contributed by atoms with Crippen molar-refractivity contribution >= 4 is 17.8 Å². The van der Waals surface area contributed by atoms with Crippen LogP contribution in [0.5, 0.6) is 0 Å². The molecule has 2 amide bonds. The minimum atomic E-state index is -0.767. The van der Waals surface area contributed by atoms with Crippen molar-refractivity contribution in [1.82, 2.24) is 15.5 Å². The van der Waals surface area contributed by atoms with E-state index in [2.05, 4.69) is 15.4 Å². The van der Waals surface area contributed by atoms with Crippen molar-refractivity contribution in [1.29, 1.82) is 0 Å². The topological polar surface area (TPSA) is 87.7 Å². The number of nitrogens with one attached hydrogen (secondary N) is 2. The Hall–Kier alpha value is -1.63. The fraction of sp³-hybridized carbons (Fsp3) is 0.700. The average Bonchev–Trinajstić information content (AvgIpc) is 2.31. The molecule has 2 N–H and O–H groups in total. The maximum Gasteiger partial charge on any atom is 0.308 e. The van der Waals surface area contributed by atoms with E-state index in [1.54, 1.807) is 7.05 Å². The van der Waals surface area contributed by atoms with E-state index >= 15 is 0 Å². The molecule has 96 valence electrons. The summed E-state index contributed by atoms with van der Waals surface area (Å²) in [5, 5.41) is 5.36. The van der Waals surface area contributed by atoms with Gasteiger partial charge in [-0.1, -0.05) is 0 Å². The summed E-state index contributed by atoms with van der Waals surface area (Å²) in [6.45, 7) is 0.963. The molecule has 0 spiro atoms. The Morgan fingerprint density at radius 3 is 2.88 bits per heavy atom. The molecule has 0 bridgehead atoms. The average molecular weight is 243 g/mol. The van der Waals surface area contributed by atoms with Crippen LogP contribution in [0.4, 0.5) is 0 Å². The quantitative estimate of drug-likeness (QED) is 0.563. The summed E-state index contributed by atoms with van der Waals surface area (Å²) in [4.78, 5) is 36.0. The van der Waals surface area contributed by atoms with E-state index in [1.165, 1.54) is 12.0 Å². The van der Waals surface area contributed by atoms with Crippen LogP contribution in [0.3, 0.4) is 0 Å². The third-order valence-electron chi connectivity index (χ3n) is 2.57. The molecule has 1 unspecified atom stereocenters. The van der Waals surface area contributed by atoms with Gasteiger partial charge in [-0.05, 0) is 7.05 Å². The van der Waals surface area contributed by atoms with Gasteiger partial charge in [0.25, 0.3) is 0 Å². The number of likely N-dealkylation sites (N-methyl/N-ethyl adjacent to an activating group) is 1. The zero-order valence-electron chi connectivity index (χ0n) is 9.99. The zero-order valence-corrected chi connectivity index (χ0v) is 9.99. The van der Waals surface area contributed by atoms with Crippen molar-refractivity contribution < 1.29 is 19.1 Å². The first-order chi connectivity index (χ1) is 8.10. The number of hydrogen-bond donors (Lipinski definition) is 2. The summed E-state index contributed by atoms with van der Waals surface area (Å²) in [6, 6.07) is -0.767. The summed E-state index contributed by atoms with van der Waals surface area (Å²) in [7, 11) is 2.90. The second-order valence-electron chi connectivity index (χ2n) is 3.70. The third kappa shape index (κ3) is 3.42. The fourth-order valence-corrected chi connectivity index (χ4v) is 1.71. The second-order valence-corrected chi connectivity index (χ2v) is 3.70. The fourth-order valence-electron chi connectivity index (χ4n) is 1.71. The van der Waals surface area contributed by atoms with E-state index < -0.39 is 12.0 Å². The highest BCUT2D eigenvalue weighted by Crippen LogP contribution is 2.09. The van der Waals surface area contributed by atoms with Crippen LogP contribution in [0.15, 0.2) is 0 Å². The zero-order chi connectivity index (χ0) is 12.8. The summed E-state index contributed by atoms with van der Waals surface area (Å²) >= 11 is 0. The lowest BCUT2D eigenvalue weighted by Gasteiger charge is -2.34. The van der Waals surface area contributed by atoms with E-state index in [1.807, 2.05) is 0 Å². The maximum absolute atomic E-state index is 11.8. The maximum atomic E-state index is 11.8. The third-order valence-corrected chi connectivity index (χ3v) is 2.57. The lowest BCUT2D eigenvalue weighted by molar-refractivity contribution is -0.149. The number of nitrogens with zero attached hydrogens (tertiary/aromatic N) is 1. The first kappa shape index (κ1) is 13.4. The Balaban J connectivity index is 2.73. The van der Waals surface area contributed by atoms with Gasteiger partial charge in [-0.25, -0.2) is 0 Å². The minimum Gasteiger partial charge on any atom is -0.469 e. The van der Waals surface area contributed by atoms with Crippen molar-refractivity contribution in [3.63, 3.8) is 0 Å². The molecule has 1 aliphatic rings. The normalized spacial score (nSPS) is 19.8. The molecule has 0 aromatic carbocycles. The van der Waals surface area contributed by atoms with Gasteiger partial charge in [0.15, 0.2) is 0 Å². The van der Waals surface area contributed by atoms with Crippen molar-refractivity contribution in [2.24, 2.45) is 0 Å². The number of ether oxygens (including phenoxy) is 1. The minimum absolute atomic E-state index is 0.113. The molecule has 1 saturated heterocycles. The summed E-state index contributed by atoms with van der Waals surface area (Å²) < 4.78 is 4.52. The van der Waals surface area contributed by atoms with Crippen molar-refractivity contribution in [3.8, 4) is 0 Å². The number of rotatable bonds is 4. The number of carbonyl (C=O) groups is 3. The van der Waals surface area contributed by atoms with Gasteiger partial charge < -0.3 is 20.3 Å². The first-order valence-electron chi connectivity index (χ1n) is 5.38. The van der Waals surface area contributed by atoms with E-state index in [4.69, 9.17) is 0 Å². The lowest BCUT2D eigenvalue weighted by atomic mass is 10.1. The highest BCUT2D eigenvalue weighted by Gasteiger charge is 2.34. The predicted octanol–water partition coefficient (Wildman–Crippen LogP) is -1.90. The van der Waals surface area contributed by atoms with E-state index in [9.17, 15) is 14.4 Å². The summed E-state index contributed by atoms with van der Waals surface area (Å²) in [5.74, 6) is -1.02. The summed E-state index contributed by atoms with van der Waals surface area (Å²) in [5.41, 5.74) is 0. The second kappa shape index (κ2) is 6.19. The van der Waals surface area contributed by atoms with E-state index in [0.29, 0.717) is 13.1 Å². The Morgan fingerprint density at radius 2 is 2.29 bits per heavy atom. The van der Waals surface area contributed by atoms with Crippen LogP contribution in [0.2, 0.25) is 0 Å². The van der Waals surface area contributed by atoms with Gasteiger partial charge in [0.1, 0.15) is 6.04 Å². The Morgan fingerprint density at radius 1 is 1.59 bits per heavy atom. The van der Waals surface area contributed by atoms with Crippen LogP contribution >= 0.6 is 0 Å². The van der Waals surface area contributed by atoms with Crippen molar-refractivity contribution in [2.75, 3.05) is 33.8 Å². The van der Waals surface area contributed by atoms with Gasteiger partial charge in [0.2, 0.25) is 11.8 Å². The summed E-state index contributed by atoms with van der Waals surface area (Å²) in [6.07, 6.45) is -0.113. The number of methoxy groups -OCH3 is 1. The Kier molecular flexibility index (Phi) is 4.89.